The van der Waals surface area contributed by atoms with Crippen LogP contribution in [0.1, 0.15) is 25.0 Å². The third kappa shape index (κ3) is 4.95. The first-order valence-corrected chi connectivity index (χ1v) is 21.9. The molecule has 0 radical (unpaired) electrons. The SMILES string of the molecule is Cn1c(-c2cccc([Si](c3ccccc3)(c3ccccc3)c3cccc(-n4c5ccccc5c5c6c(cnc54)C(C)(C)c4ccccc4O6)c3)c2)nc2ccccc21. The lowest BCUT2D eigenvalue weighted by Gasteiger charge is -2.35. The zero-order valence-electron chi connectivity index (χ0n) is 32.6. The molecule has 58 heavy (non-hydrogen) atoms. The van der Waals surface area contributed by atoms with Crippen LogP contribution in [0.3, 0.4) is 0 Å². The van der Waals surface area contributed by atoms with Crippen molar-refractivity contribution in [2.75, 3.05) is 0 Å². The van der Waals surface area contributed by atoms with Crippen LogP contribution in [0.15, 0.2) is 188 Å². The van der Waals surface area contributed by atoms with Crippen LogP contribution in [0, 0.1) is 0 Å². The highest BCUT2D eigenvalue weighted by Crippen LogP contribution is 2.51. The summed E-state index contributed by atoms with van der Waals surface area (Å²) in [6.45, 7) is 4.54. The van der Waals surface area contributed by atoms with Gasteiger partial charge in [-0.15, -0.1) is 0 Å². The fourth-order valence-corrected chi connectivity index (χ4v) is 14.4. The Labute approximate surface area is 338 Å². The number of imidazole rings is 1. The van der Waals surface area contributed by atoms with Crippen LogP contribution in [0.4, 0.5) is 0 Å². The number of aromatic nitrogens is 4. The minimum atomic E-state index is -2.98. The summed E-state index contributed by atoms with van der Waals surface area (Å²) in [4.78, 5) is 10.4. The lowest BCUT2D eigenvalue weighted by Crippen LogP contribution is -2.74. The van der Waals surface area contributed by atoms with Crippen molar-refractivity contribution in [1.82, 2.24) is 19.1 Å². The van der Waals surface area contributed by atoms with Crippen LogP contribution in [0.2, 0.25) is 0 Å². The average molecular weight is 765 g/mol. The zero-order chi connectivity index (χ0) is 39.0. The first-order valence-electron chi connectivity index (χ1n) is 19.9. The van der Waals surface area contributed by atoms with Crippen LogP contribution in [-0.2, 0) is 12.5 Å². The van der Waals surface area contributed by atoms with Crippen LogP contribution in [0.5, 0.6) is 11.5 Å². The predicted octanol–water partition coefficient (Wildman–Crippen LogP) is 9.54. The molecule has 0 spiro atoms. The average Bonchev–Trinajstić information content (AvgIpc) is 3.80. The highest BCUT2D eigenvalue weighted by atomic mass is 28.3. The molecule has 0 N–H and O–H groups in total. The van der Waals surface area contributed by atoms with Crippen molar-refractivity contribution in [3.63, 3.8) is 0 Å². The second kappa shape index (κ2) is 13.0. The van der Waals surface area contributed by atoms with E-state index >= 15 is 0 Å². The van der Waals surface area contributed by atoms with Crippen LogP contribution >= 0.6 is 0 Å². The number of rotatable bonds is 6. The Morgan fingerprint density at radius 1 is 0.569 bits per heavy atom. The van der Waals surface area contributed by atoms with Gasteiger partial charge in [0.15, 0.2) is 8.07 Å². The molecule has 0 atom stereocenters. The van der Waals surface area contributed by atoms with E-state index in [0.717, 1.165) is 67.1 Å². The zero-order valence-corrected chi connectivity index (χ0v) is 33.6. The van der Waals surface area contributed by atoms with E-state index in [1.54, 1.807) is 0 Å². The Bertz CT molecular complexity index is 3160. The quantitative estimate of drug-likeness (QED) is 0.125. The molecule has 7 aromatic carbocycles. The summed E-state index contributed by atoms with van der Waals surface area (Å²) < 4.78 is 11.4. The first kappa shape index (κ1) is 34.2. The fourth-order valence-electron chi connectivity index (χ4n) is 9.58. The van der Waals surface area contributed by atoms with E-state index in [0.29, 0.717) is 0 Å². The lowest BCUT2D eigenvalue weighted by atomic mass is 9.76. The molecule has 1 aliphatic rings. The normalized spacial score (nSPS) is 13.4. The number of fused-ring (bicyclic) bond motifs is 7. The highest BCUT2D eigenvalue weighted by molar-refractivity contribution is 7.20. The number of hydrogen-bond donors (Lipinski definition) is 0. The van der Waals surface area contributed by atoms with E-state index in [1.165, 1.54) is 26.3 Å². The van der Waals surface area contributed by atoms with Crippen molar-refractivity contribution in [3.8, 4) is 28.6 Å². The summed E-state index contributed by atoms with van der Waals surface area (Å²) in [6, 6.07) is 66.0. The monoisotopic (exact) mass is 764 g/mol. The third-order valence-corrected chi connectivity index (χ3v) is 17.1. The van der Waals surface area contributed by atoms with Crippen molar-refractivity contribution >= 4 is 61.8 Å². The molecule has 3 aromatic heterocycles. The molecule has 0 saturated heterocycles. The van der Waals surface area contributed by atoms with Crippen LogP contribution in [-0.4, -0.2) is 27.2 Å². The minimum Gasteiger partial charge on any atom is -0.456 e. The molecule has 0 aliphatic carbocycles. The lowest BCUT2D eigenvalue weighted by molar-refractivity contribution is 0.422. The number of para-hydroxylation sites is 4. The second-order valence-electron chi connectivity index (χ2n) is 15.9. The smallest absolute Gasteiger partial charge is 0.179 e. The molecule has 0 bridgehead atoms. The van der Waals surface area contributed by atoms with Crippen molar-refractivity contribution in [2.45, 2.75) is 19.3 Å². The number of nitrogens with zero attached hydrogens (tertiary/aromatic N) is 4. The Morgan fingerprint density at radius 3 is 1.95 bits per heavy atom. The van der Waals surface area contributed by atoms with Gasteiger partial charge in [0, 0.05) is 46.4 Å². The van der Waals surface area contributed by atoms with Crippen LogP contribution < -0.4 is 25.5 Å². The Morgan fingerprint density at radius 2 is 1.19 bits per heavy atom. The maximum absolute atomic E-state index is 6.86. The van der Waals surface area contributed by atoms with Crippen molar-refractivity contribution in [1.29, 1.82) is 0 Å². The Hall–Kier alpha value is -7.02. The third-order valence-electron chi connectivity index (χ3n) is 12.4. The largest absolute Gasteiger partial charge is 0.456 e. The first-order chi connectivity index (χ1) is 28.4. The van der Waals surface area contributed by atoms with Gasteiger partial charge in [0.05, 0.1) is 21.9 Å². The van der Waals surface area contributed by atoms with Crippen molar-refractivity contribution < 1.29 is 4.74 Å². The van der Waals surface area contributed by atoms with Gasteiger partial charge in [0.25, 0.3) is 0 Å². The predicted molar refractivity (Wildman–Crippen MR) is 241 cm³/mol. The van der Waals surface area contributed by atoms with Crippen LogP contribution in [0.25, 0.3) is 50.0 Å². The topological polar surface area (TPSA) is 44.9 Å². The standard InChI is InChI=1S/C52H40N4OSi/c1-52(2)42-27-11-15-31-47(42)57-49-43(52)34-53-51-48(49)41-26-10-13-29-45(41)56(51)36-19-17-25-40(33-36)58(37-20-6-4-7-21-37,38-22-8-5-9-23-38)39-24-16-18-35(32-39)50-54-44-28-12-14-30-46(44)55(50)3/h4-34H,1-3H3. The summed E-state index contributed by atoms with van der Waals surface area (Å²) in [6.07, 6.45) is 2.03. The fraction of sp³-hybridized carbons (Fsp3) is 0.0769. The molecule has 11 rings (SSSR count). The van der Waals surface area contributed by atoms with Gasteiger partial charge >= 0.3 is 0 Å². The van der Waals surface area contributed by atoms with E-state index in [-0.39, 0.29) is 5.41 Å². The molecule has 5 nitrogen and oxygen atoms in total. The number of ether oxygens (including phenoxy) is 1. The van der Waals surface area contributed by atoms with E-state index in [2.05, 4.69) is 212 Å². The summed E-state index contributed by atoms with van der Waals surface area (Å²) in [7, 11) is -0.864. The molecule has 6 heteroatoms. The highest BCUT2D eigenvalue weighted by Gasteiger charge is 2.42. The molecule has 278 valence electrons. The van der Waals surface area contributed by atoms with Gasteiger partial charge in [-0.1, -0.05) is 159 Å². The molecule has 0 saturated carbocycles. The summed E-state index contributed by atoms with van der Waals surface area (Å²) in [5.41, 5.74) is 8.21. The second-order valence-corrected chi connectivity index (χ2v) is 19.7. The van der Waals surface area contributed by atoms with E-state index in [1.807, 2.05) is 6.20 Å². The molecule has 4 heterocycles. The minimum absolute atomic E-state index is 0.277. The van der Waals surface area contributed by atoms with Gasteiger partial charge in [-0.3, -0.25) is 4.57 Å². The van der Waals surface area contributed by atoms with Gasteiger partial charge in [0.1, 0.15) is 23.0 Å². The van der Waals surface area contributed by atoms with Gasteiger partial charge < -0.3 is 9.30 Å². The van der Waals surface area contributed by atoms with E-state index in [4.69, 9.17) is 14.7 Å². The number of pyridine rings is 1. The van der Waals surface area contributed by atoms with Gasteiger partial charge in [-0.05, 0) is 57.1 Å². The molecular weight excluding hydrogens is 725 g/mol. The Kier molecular flexibility index (Phi) is 7.68. The maximum Gasteiger partial charge on any atom is 0.179 e. The number of hydrogen-bond acceptors (Lipinski definition) is 3. The van der Waals surface area contributed by atoms with E-state index < -0.39 is 8.07 Å². The van der Waals surface area contributed by atoms with Gasteiger partial charge in [-0.25, -0.2) is 9.97 Å². The number of benzene rings is 7. The van der Waals surface area contributed by atoms with Crippen molar-refractivity contribution in [3.05, 3.63) is 199 Å². The number of aryl methyl sites for hydroxylation is 1. The maximum atomic E-state index is 6.86. The van der Waals surface area contributed by atoms with Gasteiger partial charge in [-0.2, -0.15) is 0 Å². The summed E-state index contributed by atoms with van der Waals surface area (Å²) in [5, 5.41) is 7.33. The molecule has 10 aromatic rings. The molecule has 1 aliphatic heterocycles. The summed E-state index contributed by atoms with van der Waals surface area (Å²) >= 11 is 0. The molecule has 0 amide bonds. The van der Waals surface area contributed by atoms with Crippen molar-refractivity contribution in [2.24, 2.45) is 7.05 Å². The van der Waals surface area contributed by atoms with Gasteiger partial charge in [0.2, 0.25) is 0 Å². The molecule has 0 unspecified atom stereocenters. The molecular formula is C52H40N4OSi. The molecule has 0 fully saturated rings. The Balaban J connectivity index is 1.17. The van der Waals surface area contributed by atoms with E-state index in [9.17, 15) is 0 Å². The summed E-state index contributed by atoms with van der Waals surface area (Å²) in [5.74, 6) is 2.73.